The Morgan fingerprint density at radius 2 is 2.00 bits per heavy atom. The summed E-state index contributed by atoms with van der Waals surface area (Å²) in [5.41, 5.74) is 3.06. The van der Waals surface area contributed by atoms with E-state index < -0.39 is 0 Å². The zero-order valence-electron chi connectivity index (χ0n) is 21.8. The van der Waals surface area contributed by atoms with Gasteiger partial charge in [0, 0.05) is 11.3 Å². The molecular formula is C28H38BrNO4S. The van der Waals surface area contributed by atoms with Crippen molar-refractivity contribution >= 4 is 44.1 Å². The van der Waals surface area contributed by atoms with Gasteiger partial charge in [-0.25, -0.2) is 4.79 Å². The highest BCUT2D eigenvalue weighted by molar-refractivity contribution is 9.10. The summed E-state index contributed by atoms with van der Waals surface area (Å²) in [6.45, 7) is 13.7. The van der Waals surface area contributed by atoms with Gasteiger partial charge in [-0.15, -0.1) is 11.3 Å². The number of amides is 1. The molecule has 1 aromatic heterocycles. The highest BCUT2D eigenvalue weighted by Crippen LogP contribution is 2.44. The van der Waals surface area contributed by atoms with Gasteiger partial charge >= 0.3 is 5.97 Å². The zero-order chi connectivity index (χ0) is 25.8. The Bertz CT molecular complexity index is 1050. The Labute approximate surface area is 222 Å². The van der Waals surface area contributed by atoms with E-state index in [0.29, 0.717) is 48.5 Å². The number of hydrogen-bond acceptors (Lipinski definition) is 5. The summed E-state index contributed by atoms with van der Waals surface area (Å²) >= 11 is 5.11. The van der Waals surface area contributed by atoms with Crippen LogP contribution in [-0.2, 0) is 22.4 Å². The number of hydrogen-bond donors (Lipinski definition) is 1. The van der Waals surface area contributed by atoms with Crippen molar-refractivity contribution in [2.24, 2.45) is 11.3 Å². The summed E-state index contributed by atoms with van der Waals surface area (Å²) in [5, 5.41) is 3.63. The minimum absolute atomic E-state index is 0.112. The van der Waals surface area contributed by atoms with Gasteiger partial charge in [0.05, 0.1) is 23.2 Å². The smallest absolute Gasteiger partial charge is 0.341 e. The zero-order valence-corrected chi connectivity index (χ0v) is 24.2. The minimum Gasteiger partial charge on any atom is -0.492 e. The standard InChI is InChI=1S/C28H38BrNO4S/c1-7-33-27(32)25-20-12-11-19(28(4,5)6)16-23(20)35-26(25)30-24(31)9-8-14-34-22-13-10-18(17(2)3)15-21(22)29/h10,13,15,17,19H,7-9,11-12,14,16H2,1-6H3,(H,30,31). The maximum absolute atomic E-state index is 12.8. The number of benzene rings is 1. The normalized spacial score (nSPS) is 15.6. The lowest BCUT2D eigenvalue weighted by molar-refractivity contribution is -0.116. The van der Waals surface area contributed by atoms with Crippen LogP contribution in [0.5, 0.6) is 5.75 Å². The molecule has 0 saturated carbocycles. The van der Waals surface area contributed by atoms with Crippen molar-refractivity contribution in [3.05, 3.63) is 44.2 Å². The average Bonchev–Trinajstić information content (AvgIpc) is 3.14. The fourth-order valence-electron chi connectivity index (χ4n) is 4.43. The number of carbonyl (C=O) groups is 2. The molecule has 1 aliphatic carbocycles. The molecule has 3 rings (SSSR count). The molecule has 7 heteroatoms. The summed E-state index contributed by atoms with van der Waals surface area (Å²) in [6.07, 6.45) is 3.71. The van der Waals surface area contributed by atoms with Crippen LogP contribution in [0.2, 0.25) is 0 Å². The molecular weight excluding hydrogens is 526 g/mol. The first-order chi connectivity index (χ1) is 16.5. The highest BCUT2D eigenvalue weighted by Gasteiger charge is 2.34. The molecule has 0 aliphatic heterocycles. The van der Waals surface area contributed by atoms with E-state index in [4.69, 9.17) is 9.47 Å². The van der Waals surface area contributed by atoms with Crippen LogP contribution in [0.1, 0.15) is 93.1 Å². The molecule has 0 fully saturated rings. The van der Waals surface area contributed by atoms with Crippen LogP contribution in [0.3, 0.4) is 0 Å². The summed E-state index contributed by atoms with van der Waals surface area (Å²) in [6, 6.07) is 6.11. The predicted octanol–water partition coefficient (Wildman–Crippen LogP) is 7.76. The lowest BCUT2D eigenvalue weighted by Crippen LogP contribution is -2.26. The highest BCUT2D eigenvalue weighted by atomic mass is 79.9. The Hall–Kier alpha value is -1.86. The molecule has 1 aliphatic rings. The minimum atomic E-state index is -0.340. The number of fused-ring (bicyclic) bond motifs is 1. The van der Waals surface area contributed by atoms with Crippen LogP contribution in [0, 0.1) is 11.3 Å². The molecule has 0 spiro atoms. The number of thiophene rings is 1. The summed E-state index contributed by atoms with van der Waals surface area (Å²) in [4.78, 5) is 26.7. The van der Waals surface area contributed by atoms with Crippen LogP contribution < -0.4 is 10.1 Å². The molecule has 1 heterocycles. The van der Waals surface area contributed by atoms with E-state index in [1.54, 1.807) is 6.92 Å². The Morgan fingerprint density at radius 3 is 2.63 bits per heavy atom. The topological polar surface area (TPSA) is 64.6 Å². The molecule has 0 bridgehead atoms. The van der Waals surface area contributed by atoms with Crippen molar-refractivity contribution in [3.8, 4) is 5.75 Å². The van der Waals surface area contributed by atoms with Crippen molar-refractivity contribution in [3.63, 3.8) is 0 Å². The third-order valence-electron chi connectivity index (χ3n) is 6.65. The van der Waals surface area contributed by atoms with Gasteiger partial charge in [-0.3, -0.25) is 4.79 Å². The van der Waals surface area contributed by atoms with Crippen molar-refractivity contribution in [1.29, 1.82) is 0 Å². The van der Waals surface area contributed by atoms with Gasteiger partial charge < -0.3 is 14.8 Å². The SMILES string of the molecule is CCOC(=O)c1c(NC(=O)CCCOc2ccc(C(C)C)cc2Br)sc2c1CCC(C(C)(C)C)C2. The van der Waals surface area contributed by atoms with Crippen molar-refractivity contribution in [2.45, 2.75) is 79.6 Å². The maximum Gasteiger partial charge on any atom is 0.341 e. The second-order valence-electron chi connectivity index (χ2n) is 10.6. The lowest BCUT2D eigenvalue weighted by Gasteiger charge is -2.33. The van der Waals surface area contributed by atoms with Crippen LogP contribution in [0.4, 0.5) is 5.00 Å². The van der Waals surface area contributed by atoms with Crippen LogP contribution in [0.25, 0.3) is 0 Å². The first-order valence-corrected chi connectivity index (χ1v) is 14.2. The summed E-state index contributed by atoms with van der Waals surface area (Å²) in [5.74, 6) is 1.33. The first kappa shape index (κ1) is 27.7. The molecule has 5 nitrogen and oxygen atoms in total. The molecule has 1 unspecified atom stereocenters. The number of esters is 1. The van der Waals surface area contributed by atoms with E-state index in [-0.39, 0.29) is 17.3 Å². The van der Waals surface area contributed by atoms with E-state index in [9.17, 15) is 9.59 Å². The number of ether oxygens (including phenoxy) is 2. The van der Waals surface area contributed by atoms with E-state index in [1.807, 2.05) is 6.07 Å². The predicted molar refractivity (Wildman–Crippen MR) is 147 cm³/mol. The van der Waals surface area contributed by atoms with Gasteiger partial charge in [-0.2, -0.15) is 0 Å². The van der Waals surface area contributed by atoms with Crippen LogP contribution in [0.15, 0.2) is 22.7 Å². The maximum atomic E-state index is 12.8. The number of nitrogens with one attached hydrogen (secondary N) is 1. The Balaban J connectivity index is 1.62. The van der Waals surface area contributed by atoms with E-state index in [2.05, 4.69) is 68.0 Å². The van der Waals surface area contributed by atoms with Crippen molar-refractivity contribution in [1.82, 2.24) is 0 Å². The molecule has 0 radical (unpaired) electrons. The fraction of sp³-hybridized carbons (Fsp3) is 0.571. The van der Waals surface area contributed by atoms with Gasteiger partial charge in [0.25, 0.3) is 0 Å². The molecule has 1 N–H and O–H groups in total. The van der Waals surface area contributed by atoms with Crippen molar-refractivity contribution < 1.29 is 19.1 Å². The third-order valence-corrected chi connectivity index (χ3v) is 8.44. The van der Waals surface area contributed by atoms with Crippen LogP contribution >= 0.6 is 27.3 Å². The molecule has 1 aromatic carbocycles. The summed E-state index contributed by atoms with van der Waals surface area (Å²) in [7, 11) is 0. The van der Waals surface area contributed by atoms with Crippen molar-refractivity contribution in [2.75, 3.05) is 18.5 Å². The molecule has 1 amide bonds. The van der Waals surface area contributed by atoms with E-state index >= 15 is 0 Å². The van der Waals surface area contributed by atoms with Crippen LogP contribution in [-0.4, -0.2) is 25.1 Å². The molecule has 192 valence electrons. The lowest BCUT2D eigenvalue weighted by atomic mass is 9.72. The third kappa shape index (κ3) is 7.10. The van der Waals surface area contributed by atoms with E-state index in [1.165, 1.54) is 21.8 Å². The largest absolute Gasteiger partial charge is 0.492 e. The number of rotatable bonds is 9. The molecule has 2 aromatic rings. The van der Waals surface area contributed by atoms with Gasteiger partial charge in [0.2, 0.25) is 5.91 Å². The number of carbonyl (C=O) groups excluding carboxylic acids is 2. The average molecular weight is 565 g/mol. The second kappa shape index (κ2) is 11.9. The molecule has 35 heavy (non-hydrogen) atoms. The fourth-order valence-corrected chi connectivity index (χ4v) is 6.27. The van der Waals surface area contributed by atoms with E-state index in [0.717, 1.165) is 35.0 Å². The number of anilines is 1. The summed E-state index contributed by atoms with van der Waals surface area (Å²) < 4.78 is 12.1. The monoisotopic (exact) mass is 563 g/mol. The van der Waals surface area contributed by atoms with Gasteiger partial charge in [0.1, 0.15) is 10.8 Å². The first-order valence-electron chi connectivity index (χ1n) is 12.5. The molecule has 0 saturated heterocycles. The van der Waals surface area contributed by atoms with Gasteiger partial charge in [-0.05, 0) is 89.0 Å². The quantitative estimate of drug-likeness (QED) is 0.250. The van der Waals surface area contributed by atoms with Gasteiger partial charge in [0.15, 0.2) is 0 Å². The second-order valence-corrected chi connectivity index (χ2v) is 12.5. The molecule has 1 atom stereocenters. The Morgan fingerprint density at radius 1 is 1.26 bits per heavy atom. The number of halogens is 1. The Kier molecular flexibility index (Phi) is 9.44. The van der Waals surface area contributed by atoms with Gasteiger partial charge in [-0.1, -0.05) is 40.7 Å².